The maximum atomic E-state index is 12.0. The fourth-order valence-electron chi connectivity index (χ4n) is 1.95. The van der Waals surface area contributed by atoms with E-state index in [1.807, 2.05) is 7.05 Å². The molecule has 0 saturated carbocycles. The number of sulfonamides is 1. The Bertz CT molecular complexity index is 556. The third-order valence-corrected chi connectivity index (χ3v) is 5.28. The normalized spacial score (nSPS) is 13.5. The lowest BCUT2D eigenvalue weighted by Crippen LogP contribution is -2.25. The monoisotopic (exact) mass is 299 g/mol. The maximum Gasteiger partial charge on any atom is 0.242 e. The lowest BCUT2D eigenvalue weighted by Gasteiger charge is -2.24. The van der Waals surface area contributed by atoms with Gasteiger partial charge in [-0.3, -0.25) is 0 Å². The molecule has 6 heteroatoms. The first-order chi connectivity index (χ1) is 9.20. The number of nitrogens with zero attached hydrogens (tertiary/aromatic N) is 2. The molecular formula is C14H25N3O2S. The molecule has 1 unspecified atom stereocenters. The van der Waals surface area contributed by atoms with Crippen molar-refractivity contribution in [3.63, 3.8) is 0 Å². The zero-order valence-electron chi connectivity index (χ0n) is 12.9. The molecule has 5 nitrogen and oxygen atoms in total. The molecular weight excluding hydrogens is 274 g/mol. The molecule has 0 fully saturated rings. The average Bonchev–Trinajstić information content (AvgIpc) is 2.37. The number of nitrogens with two attached hydrogens (primary N) is 1. The molecule has 0 bridgehead atoms. The fraction of sp³-hybridized carbons (Fsp3) is 0.571. The average molecular weight is 299 g/mol. The summed E-state index contributed by atoms with van der Waals surface area (Å²) >= 11 is 0. The minimum absolute atomic E-state index is 0.223. The van der Waals surface area contributed by atoms with E-state index in [9.17, 15) is 8.42 Å². The highest BCUT2D eigenvalue weighted by Gasteiger charge is 2.19. The first-order valence-corrected chi connectivity index (χ1v) is 8.17. The van der Waals surface area contributed by atoms with Crippen LogP contribution in [0.1, 0.15) is 20.3 Å². The molecule has 114 valence electrons. The van der Waals surface area contributed by atoms with Crippen molar-refractivity contribution >= 4 is 21.4 Å². The number of anilines is 2. The molecule has 0 saturated heterocycles. The Morgan fingerprint density at radius 2 is 1.85 bits per heavy atom. The van der Waals surface area contributed by atoms with Gasteiger partial charge in [0.1, 0.15) is 0 Å². The van der Waals surface area contributed by atoms with Gasteiger partial charge in [0, 0.05) is 27.7 Å². The second kappa shape index (κ2) is 6.45. The third-order valence-electron chi connectivity index (χ3n) is 3.47. The van der Waals surface area contributed by atoms with Crippen LogP contribution in [0, 0.1) is 5.92 Å². The summed E-state index contributed by atoms with van der Waals surface area (Å²) in [5.74, 6) is 0.560. The quantitative estimate of drug-likeness (QED) is 0.816. The zero-order valence-corrected chi connectivity index (χ0v) is 13.7. The number of nitrogen functional groups attached to an aromatic ring is 1. The van der Waals surface area contributed by atoms with Crippen molar-refractivity contribution in [3.8, 4) is 0 Å². The first-order valence-electron chi connectivity index (χ1n) is 6.73. The van der Waals surface area contributed by atoms with Crippen LogP contribution in [0.5, 0.6) is 0 Å². The molecule has 1 rings (SSSR count). The molecule has 0 aliphatic rings. The van der Waals surface area contributed by atoms with Crippen molar-refractivity contribution in [1.29, 1.82) is 0 Å². The number of rotatable bonds is 6. The lowest BCUT2D eigenvalue weighted by molar-refractivity contribution is 0.520. The SMILES string of the molecule is CCC(C)CN(C)c1ccc(S(=O)(=O)N(C)C)cc1N. The van der Waals surface area contributed by atoms with Gasteiger partial charge in [-0.2, -0.15) is 0 Å². The summed E-state index contributed by atoms with van der Waals surface area (Å²) in [5, 5.41) is 0. The molecule has 20 heavy (non-hydrogen) atoms. The van der Waals surface area contributed by atoms with Crippen molar-refractivity contribution < 1.29 is 8.42 Å². The van der Waals surface area contributed by atoms with Crippen molar-refractivity contribution in [2.24, 2.45) is 5.92 Å². The maximum absolute atomic E-state index is 12.0. The molecule has 1 atom stereocenters. The van der Waals surface area contributed by atoms with Gasteiger partial charge in [-0.1, -0.05) is 20.3 Å². The van der Waals surface area contributed by atoms with E-state index in [2.05, 4.69) is 18.7 Å². The zero-order chi connectivity index (χ0) is 15.5. The Balaban J connectivity index is 3.06. The van der Waals surface area contributed by atoms with E-state index < -0.39 is 10.0 Å². The first kappa shape index (κ1) is 16.8. The van der Waals surface area contributed by atoms with Crippen LogP contribution in [-0.2, 0) is 10.0 Å². The summed E-state index contributed by atoms with van der Waals surface area (Å²) in [6.45, 7) is 5.21. The summed E-state index contributed by atoms with van der Waals surface area (Å²) in [5.41, 5.74) is 7.36. The summed E-state index contributed by atoms with van der Waals surface area (Å²) in [6, 6.07) is 4.90. The van der Waals surface area contributed by atoms with Gasteiger partial charge in [0.05, 0.1) is 16.3 Å². The van der Waals surface area contributed by atoms with Crippen LogP contribution < -0.4 is 10.6 Å². The minimum Gasteiger partial charge on any atom is -0.397 e. The van der Waals surface area contributed by atoms with E-state index in [1.54, 1.807) is 12.1 Å². The molecule has 1 aromatic rings. The van der Waals surface area contributed by atoms with E-state index in [0.717, 1.165) is 18.7 Å². The lowest BCUT2D eigenvalue weighted by atomic mass is 10.1. The molecule has 0 spiro atoms. The van der Waals surface area contributed by atoms with Crippen LogP contribution in [0.25, 0.3) is 0 Å². The summed E-state index contributed by atoms with van der Waals surface area (Å²) in [6.07, 6.45) is 1.09. The number of hydrogen-bond acceptors (Lipinski definition) is 4. The molecule has 0 heterocycles. The van der Waals surface area contributed by atoms with Crippen LogP contribution in [0.3, 0.4) is 0 Å². The highest BCUT2D eigenvalue weighted by Crippen LogP contribution is 2.27. The smallest absolute Gasteiger partial charge is 0.242 e. The molecule has 1 aromatic carbocycles. The summed E-state index contributed by atoms with van der Waals surface area (Å²) < 4.78 is 25.3. The number of hydrogen-bond donors (Lipinski definition) is 1. The van der Waals surface area contributed by atoms with Crippen LogP contribution in [0.15, 0.2) is 23.1 Å². The van der Waals surface area contributed by atoms with Crippen LogP contribution >= 0.6 is 0 Å². The van der Waals surface area contributed by atoms with Gasteiger partial charge in [-0.15, -0.1) is 0 Å². The van der Waals surface area contributed by atoms with Crippen LogP contribution in [-0.4, -0.2) is 40.4 Å². The Labute approximate surface area is 122 Å². The molecule has 0 radical (unpaired) electrons. The van der Waals surface area contributed by atoms with E-state index in [4.69, 9.17) is 5.73 Å². The third kappa shape index (κ3) is 3.64. The van der Waals surface area contributed by atoms with Gasteiger partial charge < -0.3 is 10.6 Å². The Kier molecular flexibility index (Phi) is 5.42. The van der Waals surface area contributed by atoms with Gasteiger partial charge in [0.25, 0.3) is 0 Å². The standard InChI is InChI=1S/C14H25N3O2S/c1-6-11(2)10-17(5)14-8-7-12(9-13(14)15)20(18,19)16(3)4/h7-9,11H,6,10,15H2,1-5H3. The van der Waals surface area contributed by atoms with Crippen molar-refractivity contribution in [1.82, 2.24) is 4.31 Å². The van der Waals surface area contributed by atoms with E-state index in [1.165, 1.54) is 24.5 Å². The fourth-order valence-corrected chi connectivity index (χ4v) is 2.88. The molecule has 2 N–H and O–H groups in total. The van der Waals surface area contributed by atoms with Gasteiger partial charge in [0.2, 0.25) is 10.0 Å². The van der Waals surface area contributed by atoms with Gasteiger partial charge >= 0.3 is 0 Å². The van der Waals surface area contributed by atoms with E-state index in [-0.39, 0.29) is 4.90 Å². The van der Waals surface area contributed by atoms with Crippen LogP contribution in [0.4, 0.5) is 11.4 Å². The van der Waals surface area contributed by atoms with Crippen molar-refractivity contribution in [3.05, 3.63) is 18.2 Å². The predicted octanol–water partition coefficient (Wildman–Crippen LogP) is 2.00. The van der Waals surface area contributed by atoms with Gasteiger partial charge in [-0.25, -0.2) is 12.7 Å². The largest absolute Gasteiger partial charge is 0.397 e. The van der Waals surface area contributed by atoms with Gasteiger partial charge in [0.15, 0.2) is 0 Å². The highest BCUT2D eigenvalue weighted by molar-refractivity contribution is 7.89. The highest BCUT2D eigenvalue weighted by atomic mass is 32.2. The Hall–Kier alpha value is -1.27. The predicted molar refractivity (Wildman–Crippen MR) is 84.5 cm³/mol. The van der Waals surface area contributed by atoms with Crippen molar-refractivity contribution in [2.45, 2.75) is 25.2 Å². The number of benzene rings is 1. The minimum atomic E-state index is -3.43. The Morgan fingerprint density at radius 1 is 1.25 bits per heavy atom. The molecule has 0 aromatic heterocycles. The molecule has 0 amide bonds. The van der Waals surface area contributed by atoms with Gasteiger partial charge in [-0.05, 0) is 24.1 Å². The second-order valence-corrected chi connectivity index (χ2v) is 7.55. The van der Waals surface area contributed by atoms with E-state index in [0.29, 0.717) is 11.6 Å². The van der Waals surface area contributed by atoms with Crippen LogP contribution in [0.2, 0.25) is 0 Å². The molecule has 0 aliphatic heterocycles. The van der Waals surface area contributed by atoms with Crippen molar-refractivity contribution in [2.75, 3.05) is 38.3 Å². The topological polar surface area (TPSA) is 66.6 Å². The summed E-state index contributed by atoms with van der Waals surface area (Å²) in [7, 11) is 1.55. The second-order valence-electron chi connectivity index (χ2n) is 5.40. The Morgan fingerprint density at radius 3 is 2.30 bits per heavy atom. The molecule has 0 aliphatic carbocycles. The van der Waals surface area contributed by atoms with E-state index >= 15 is 0 Å². The summed E-state index contributed by atoms with van der Waals surface area (Å²) in [4.78, 5) is 2.29.